The zero-order chi connectivity index (χ0) is 15.0. The van der Waals surface area contributed by atoms with Crippen molar-refractivity contribution in [2.75, 3.05) is 22.7 Å². The molecule has 8 nitrogen and oxygen atoms in total. The highest BCUT2D eigenvalue weighted by molar-refractivity contribution is 8.08. The van der Waals surface area contributed by atoms with Crippen LogP contribution < -0.4 is 4.31 Å². The summed E-state index contributed by atoms with van der Waals surface area (Å²) < 4.78 is 50.3. The van der Waals surface area contributed by atoms with Crippen LogP contribution in [-0.2, 0) is 19.9 Å². The number of hydrogen-bond acceptors (Lipinski definition) is 7. The number of nitrogens with zero attached hydrogens (tertiary/aromatic N) is 2. The van der Waals surface area contributed by atoms with Crippen molar-refractivity contribution in [2.45, 2.75) is 6.92 Å². The van der Waals surface area contributed by atoms with Crippen molar-refractivity contribution >= 4 is 42.4 Å². The van der Waals surface area contributed by atoms with E-state index in [4.69, 9.17) is 5.11 Å². The highest BCUT2D eigenvalue weighted by atomic mass is 32.3. The number of carboxylic acid groups (broad SMARTS) is 1. The van der Waals surface area contributed by atoms with Gasteiger partial charge in [0.05, 0.1) is 5.69 Å². The molecule has 0 fully saturated rings. The smallest absolute Gasteiger partial charge is 0.340 e. The lowest BCUT2D eigenvalue weighted by atomic mass is 10.2. The molecule has 0 saturated carbocycles. The Hall–Kier alpha value is -1.20. The number of rotatable bonds is 5. The molecular weight excluding hydrogens is 316 g/mol. The van der Waals surface area contributed by atoms with E-state index in [2.05, 4.69) is 4.37 Å². The van der Waals surface area contributed by atoms with Gasteiger partial charge in [-0.15, -0.1) is 0 Å². The summed E-state index contributed by atoms with van der Waals surface area (Å²) in [6.45, 7) is 1.43. The molecule has 0 radical (unpaired) electrons. The third-order valence-electron chi connectivity index (χ3n) is 2.12. The van der Waals surface area contributed by atoms with Crippen LogP contribution in [0.25, 0.3) is 0 Å². The molecule has 0 aliphatic rings. The quantitative estimate of drug-likeness (QED) is 0.802. The average molecular weight is 328 g/mol. The van der Waals surface area contributed by atoms with Gasteiger partial charge >= 0.3 is 5.97 Å². The van der Waals surface area contributed by atoms with Gasteiger partial charge in [0.1, 0.15) is 10.6 Å². The zero-order valence-corrected chi connectivity index (χ0v) is 12.8. The fourth-order valence-electron chi connectivity index (χ4n) is 1.29. The van der Waals surface area contributed by atoms with Crippen molar-refractivity contribution in [2.24, 2.45) is 0 Å². The van der Waals surface area contributed by atoms with Crippen LogP contribution in [0.2, 0.25) is 0 Å². The van der Waals surface area contributed by atoms with Crippen LogP contribution in [0.1, 0.15) is 16.1 Å². The first-order chi connectivity index (χ1) is 8.46. The Morgan fingerprint density at radius 2 is 1.89 bits per heavy atom. The first kappa shape index (κ1) is 15.9. The fourth-order valence-corrected chi connectivity index (χ4v) is 5.63. The van der Waals surface area contributed by atoms with E-state index in [1.165, 1.54) is 6.92 Å². The Balaban J connectivity index is 3.29. The normalized spacial score (nSPS) is 12.4. The number of carboxylic acids is 1. The molecule has 1 N–H and O–H groups in total. The molecule has 0 amide bonds. The van der Waals surface area contributed by atoms with Gasteiger partial charge in [-0.2, -0.15) is 4.37 Å². The summed E-state index contributed by atoms with van der Waals surface area (Å²) in [5.74, 6) is -1.32. The van der Waals surface area contributed by atoms with Crippen molar-refractivity contribution in [1.29, 1.82) is 0 Å². The van der Waals surface area contributed by atoms with Gasteiger partial charge in [-0.25, -0.2) is 21.6 Å². The van der Waals surface area contributed by atoms with Gasteiger partial charge in [0, 0.05) is 13.3 Å². The molecule has 0 spiro atoms. The Kier molecular flexibility index (Phi) is 4.22. The number of aryl methyl sites for hydroxylation is 1. The molecule has 1 aromatic heterocycles. The van der Waals surface area contributed by atoms with E-state index in [-0.39, 0.29) is 16.3 Å². The number of carbonyl (C=O) groups is 1. The lowest BCUT2D eigenvalue weighted by molar-refractivity contribution is 0.0697. The summed E-state index contributed by atoms with van der Waals surface area (Å²) in [5, 5.41) is 7.80. The van der Waals surface area contributed by atoms with Crippen molar-refractivity contribution in [3.63, 3.8) is 0 Å². The van der Waals surface area contributed by atoms with E-state index in [9.17, 15) is 21.6 Å². The minimum atomic E-state index is -4.16. The molecule has 1 rings (SSSR count). The second-order valence-electron chi connectivity index (χ2n) is 3.88. The summed E-state index contributed by atoms with van der Waals surface area (Å²) >= 11 is 0.687. The maximum atomic E-state index is 11.9. The Bertz CT molecular complexity index is 703. The minimum Gasteiger partial charge on any atom is -0.478 e. The molecule has 0 unspecified atom stereocenters. The van der Waals surface area contributed by atoms with Crippen LogP contribution in [-0.4, -0.2) is 50.7 Å². The van der Waals surface area contributed by atoms with Crippen molar-refractivity contribution in [3.05, 3.63) is 11.3 Å². The first-order valence-corrected chi connectivity index (χ1v) is 9.24. The monoisotopic (exact) mass is 328 g/mol. The van der Waals surface area contributed by atoms with Crippen molar-refractivity contribution in [3.8, 4) is 0 Å². The maximum Gasteiger partial charge on any atom is 0.340 e. The molecule has 108 valence electrons. The number of hydrogen-bond donors (Lipinski definition) is 1. The van der Waals surface area contributed by atoms with E-state index >= 15 is 0 Å². The summed E-state index contributed by atoms with van der Waals surface area (Å²) in [6.07, 6.45) is 0.786. The molecule has 0 bridgehead atoms. The van der Waals surface area contributed by atoms with E-state index in [1.54, 1.807) is 0 Å². The van der Waals surface area contributed by atoms with Crippen molar-refractivity contribution in [1.82, 2.24) is 4.37 Å². The molecule has 0 aromatic carbocycles. The molecular formula is C8H12N2O6S3. The van der Waals surface area contributed by atoms with Gasteiger partial charge in [-0.3, -0.25) is 4.31 Å². The second kappa shape index (κ2) is 5.06. The van der Waals surface area contributed by atoms with Gasteiger partial charge in [0.15, 0.2) is 14.9 Å². The predicted molar refractivity (Wildman–Crippen MR) is 70.8 cm³/mol. The van der Waals surface area contributed by atoms with E-state index in [0.717, 1.165) is 13.3 Å². The van der Waals surface area contributed by atoms with Gasteiger partial charge in [-0.1, -0.05) is 0 Å². The Labute approximate surface area is 114 Å². The largest absolute Gasteiger partial charge is 0.478 e. The number of sulfone groups is 1. The lowest BCUT2D eigenvalue weighted by Gasteiger charge is -2.17. The molecule has 19 heavy (non-hydrogen) atoms. The fraction of sp³-hybridized carbons (Fsp3) is 0.500. The van der Waals surface area contributed by atoms with Crippen LogP contribution in [0.4, 0.5) is 5.00 Å². The Morgan fingerprint density at radius 1 is 1.37 bits per heavy atom. The second-order valence-corrected chi connectivity index (χ2v) is 9.13. The zero-order valence-electron chi connectivity index (χ0n) is 10.3. The van der Waals surface area contributed by atoms with Gasteiger partial charge < -0.3 is 5.11 Å². The van der Waals surface area contributed by atoms with Crippen LogP contribution >= 0.6 is 11.5 Å². The molecule has 0 atom stereocenters. The molecule has 11 heteroatoms. The standard InChI is InChI=1S/C8H12N2O6S3/c1-5-6(8(11)12)7(17-9-5)10(2)19(15,16)4-18(3,13)14/h4H2,1-3H3,(H,11,12). The van der Waals surface area contributed by atoms with E-state index in [1.807, 2.05) is 0 Å². The first-order valence-electron chi connectivity index (χ1n) is 4.79. The maximum absolute atomic E-state index is 11.9. The average Bonchev–Trinajstić information content (AvgIpc) is 2.55. The highest BCUT2D eigenvalue weighted by Gasteiger charge is 2.29. The Morgan fingerprint density at radius 3 is 2.32 bits per heavy atom. The van der Waals surface area contributed by atoms with E-state index < -0.39 is 30.9 Å². The lowest BCUT2D eigenvalue weighted by Crippen LogP contribution is -2.32. The van der Waals surface area contributed by atoms with Crippen LogP contribution in [0.5, 0.6) is 0 Å². The molecule has 1 aromatic rings. The van der Waals surface area contributed by atoms with Gasteiger partial charge in [0.25, 0.3) is 0 Å². The third-order valence-corrected chi connectivity index (χ3v) is 7.18. The SMILES string of the molecule is Cc1nsc(N(C)S(=O)(=O)CS(C)(=O)=O)c1C(=O)O. The van der Waals surface area contributed by atoms with Gasteiger partial charge in [0.2, 0.25) is 10.0 Å². The van der Waals surface area contributed by atoms with Crippen molar-refractivity contribution < 1.29 is 26.7 Å². The number of aromatic nitrogens is 1. The summed E-state index contributed by atoms with van der Waals surface area (Å²) in [7, 11) is -6.82. The summed E-state index contributed by atoms with van der Waals surface area (Å²) in [6, 6.07) is 0. The summed E-state index contributed by atoms with van der Waals surface area (Å²) in [4.78, 5) is 11.0. The predicted octanol–water partition coefficient (Wildman–Crippen LogP) is -0.0822. The topological polar surface area (TPSA) is 122 Å². The van der Waals surface area contributed by atoms with Crippen LogP contribution in [0, 0.1) is 6.92 Å². The highest BCUT2D eigenvalue weighted by Crippen LogP contribution is 2.29. The third kappa shape index (κ3) is 3.64. The number of anilines is 1. The summed E-state index contributed by atoms with van der Waals surface area (Å²) in [5.41, 5.74) is -0.0709. The van der Waals surface area contributed by atoms with Gasteiger partial charge in [-0.05, 0) is 18.5 Å². The van der Waals surface area contributed by atoms with Crippen LogP contribution in [0.3, 0.4) is 0 Å². The van der Waals surface area contributed by atoms with E-state index in [0.29, 0.717) is 15.8 Å². The molecule has 1 heterocycles. The van der Waals surface area contributed by atoms with Crippen LogP contribution in [0.15, 0.2) is 0 Å². The minimum absolute atomic E-state index is 0.117. The molecule has 0 aliphatic carbocycles. The molecule has 0 saturated heterocycles. The number of sulfonamides is 1. The molecule has 0 aliphatic heterocycles. The number of aromatic carboxylic acids is 1.